The number of allylic oxidation sites excluding steroid dienone is 1. The van der Waals surface area contributed by atoms with Crippen LogP contribution in [0.2, 0.25) is 0 Å². The molecule has 0 amide bonds. The molecule has 0 unspecified atom stereocenters. The van der Waals surface area contributed by atoms with Crippen LogP contribution >= 0.6 is 0 Å². The quantitative estimate of drug-likeness (QED) is 0.446. The fourth-order valence-corrected chi connectivity index (χ4v) is 4.26. The van der Waals surface area contributed by atoms with Gasteiger partial charge in [0.05, 0.1) is 14.2 Å². The summed E-state index contributed by atoms with van der Waals surface area (Å²) in [6.45, 7) is 6.33. The fraction of sp³-hybridized carbons (Fsp3) is 0.259. The maximum absolute atomic E-state index is 10.8. The normalized spacial score (nSPS) is 16.7. The zero-order valence-electron chi connectivity index (χ0n) is 18.6. The van der Waals surface area contributed by atoms with Gasteiger partial charge in [-0.25, -0.2) is 0 Å². The van der Waals surface area contributed by atoms with Crippen molar-refractivity contribution < 1.29 is 24.1 Å². The minimum Gasteiger partial charge on any atom is -0.508 e. The molecule has 0 aliphatic carbocycles. The molecule has 2 atom stereocenters. The molecule has 4 rings (SSSR count). The van der Waals surface area contributed by atoms with E-state index in [1.807, 2.05) is 48.5 Å². The fourth-order valence-electron chi connectivity index (χ4n) is 4.26. The van der Waals surface area contributed by atoms with E-state index in [1.165, 1.54) is 0 Å². The molecule has 1 aliphatic heterocycles. The smallest absolute Gasteiger partial charge is 0.166 e. The highest BCUT2D eigenvalue weighted by Gasteiger charge is 2.38. The van der Waals surface area contributed by atoms with Gasteiger partial charge in [-0.2, -0.15) is 0 Å². The van der Waals surface area contributed by atoms with Crippen LogP contribution in [0.1, 0.15) is 41.2 Å². The van der Waals surface area contributed by atoms with E-state index in [4.69, 9.17) is 18.9 Å². The van der Waals surface area contributed by atoms with Crippen molar-refractivity contribution in [1.82, 2.24) is 0 Å². The van der Waals surface area contributed by atoms with E-state index in [0.717, 1.165) is 22.3 Å². The Morgan fingerprint density at radius 2 is 1.75 bits per heavy atom. The minimum absolute atomic E-state index is 0.00998. The average Bonchev–Trinajstić information content (AvgIpc) is 3.17. The van der Waals surface area contributed by atoms with Crippen LogP contribution in [0.15, 0.2) is 67.3 Å². The van der Waals surface area contributed by atoms with Crippen LogP contribution in [-0.2, 0) is 13.0 Å². The van der Waals surface area contributed by atoms with Gasteiger partial charge in [-0.05, 0) is 29.7 Å². The molecule has 166 valence electrons. The van der Waals surface area contributed by atoms with Gasteiger partial charge in [0, 0.05) is 23.1 Å². The Morgan fingerprint density at radius 1 is 1.00 bits per heavy atom. The van der Waals surface area contributed by atoms with Gasteiger partial charge in [-0.15, -0.1) is 6.58 Å². The standard InChI is InChI=1S/C27H28O5/c1-5-9-20-21(28)15-24(31-16-18-10-7-6-8-11-18)27-25(20)17(2)26(32-27)19-12-13-22(29-3)23(14-19)30-4/h5-8,10-15,17,26,28H,1,9,16H2,2-4H3/t17-,26-/m0/s1. The summed E-state index contributed by atoms with van der Waals surface area (Å²) in [7, 11) is 3.23. The molecule has 0 saturated carbocycles. The van der Waals surface area contributed by atoms with Crippen molar-refractivity contribution in [3.63, 3.8) is 0 Å². The third-order valence-corrected chi connectivity index (χ3v) is 5.85. The first kappa shape index (κ1) is 21.6. The topological polar surface area (TPSA) is 57.2 Å². The van der Waals surface area contributed by atoms with Gasteiger partial charge < -0.3 is 24.1 Å². The van der Waals surface area contributed by atoms with E-state index < -0.39 is 0 Å². The van der Waals surface area contributed by atoms with Gasteiger partial charge in [0.25, 0.3) is 0 Å². The summed E-state index contributed by atoms with van der Waals surface area (Å²) in [5, 5.41) is 10.8. The van der Waals surface area contributed by atoms with Crippen LogP contribution in [0.5, 0.6) is 28.7 Å². The number of ether oxygens (including phenoxy) is 4. The molecule has 32 heavy (non-hydrogen) atoms. The van der Waals surface area contributed by atoms with Crippen LogP contribution in [-0.4, -0.2) is 19.3 Å². The van der Waals surface area contributed by atoms with Crippen molar-refractivity contribution in [1.29, 1.82) is 0 Å². The van der Waals surface area contributed by atoms with Crippen LogP contribution in [0, 0.1) is 0 Å². The lowest BCUT2D eigenvalue weighted by Crippen LogP contribution is -2.08. The summed E-state index contributed by atoms with van der Waals surface area (Å²) in [6.07, 6.45) is 2.07. The Morgan fingerprint density at radius 3 is 2.44 bits per heavy atom. The summed E-state index contributed by atoms with van der Waals surface area (Å²) in [6, 6.07) is 17.3. The minimum atomic E-state index is -0.255. The molecular formula is C27H28O5. The highest BCUT2D eigenvalue weighted by molar-refractivity contribution is 5.62. The van der Waals surface area contributed by atoms with E-state index >= 15 is 0 Å². The van der Waals surface area contributed by atoms with Gasteiger partial charge in [0.2, 0.25) is 0 Å². The van der Waals surface area contributed by atoms with Crippen molar-refractivity contribution in [2.24, 2.45) is 0 Å². The number of benzene rings is 3. The predicted molar refractivity (Wildman–Crippen MR) is 124 cm³/mol. The second-order valence-corrected chi connectivity index (χ2v) is 7.82. The van der Waals surface area contributed by atoms with E-state index in [-0.39, 0.29) is 17.8 Å². The van der Waals surface area contributed by atoms with Crippen LogP contribution in [0.25, 0.3) is 0 Å². The van der Waals surface area contributed by atoms with Gasteiger partial charge in [-0.3, -0.25) is 0 Å². The lowest BCUT2D eigenvalue weighted by Gasteiger charge is -2.18. The van der Waals surface area contributed by atoms with Crippen molar-refractivity contribution in [2.75, 3.05) is 14.2 Å². The second kappa shape index (κ2) is 9.27. The van der Waals surface area contributed by atoms with Gasteiger partial charge in [0.1, 0.15) is 18.5 Å². The largest absolute Gasteiger partial charge is 0.508 e. The molecule has 0 saturated heterocycles. The third-order valence-electron chi connectivity index (χ3n) is 5.85. The first-order valence-corrected chi connectivity index (χ1v) is 10.6. The number of hydrogen-bond acceptors (Lipinski definition) is 5. The molecule has 0 radical (unpaired) electrons. The van der Waals surface area contributed by atoms with Crippen LogP contribution < -0.4 is 18.9 Å². The second-order valence-electron chi connectivity index (χ2n) is 7.82. The summed E-state index contributed by atoms with van der Waals surface area (Å²) in [5.41, 5.74) is 3.77. The first-order chi connectivity index (χ1) is 15.6. The zero-order valence-corrected chi connectivity index (χ0v) is 18.6. The van der Waals surface area contributed by atoms with Crippen LogP contribution in [0.4, 0.5) is 0 Å². The summed E-state index contributed by atoms with van der Waals surface area (Å²) in [5.74, 6) is 2.69. The number of aromatic hydroxyl groups is 1. The molecule has 0 bridgehead atoms. The van der Waals surface area contributed by atoms with Crippen molar-refractivity contribution >= 4 is 0 Å². The van der Waals surface area contributed by atoms with E-state index in [2.05, 4.69) is 13.5 Å². The molecule has 1 N–H and O–H groups in total. The predicted octanol–water partition coefficient (Wildman–Crippen LogP) is 5.95. The van der Waals surface area contributed by atoms with E-state index in [0.29, 0.717) is 36.0 Å². The number of phenols is 1. The average molecular weight is 433 g/mol. The molecular weight excluding hydrogens is 404 g/mol. The SMILES string of the molecule is C=CCc1c(O)cc(OCc2ccccc2)c2c1[C@H](C)[C@@H](c1ccc(OC)c(OC)c1)O2. The molecule has 0 fully saturated rings. The summed E-state index contributed by atoms with van der Waals surface area (Å²) < 4.78 is 23.4. The summed E-state index contributed by atoms with van der Waals surface area (Å²) >= 11 is 0. The molecule has 5 heteroatoms. The Labute approximate surface area is 188 Å². The van der Waals surface area contributed by atoms with Crippen molar-refractivity contribution in [3.8, 4) is 28.7 Å². The highest BCUT2D eigenvalue weighted by Crippen LogP contribution is 2.54. The zero-order chi connectivity index (χ0) is 22.7. The molecule has 1 aliphatic rings. The third kappa shape index (κ3) is 3.98. The highest BCUT2D eigenvalue weighted by atomic mass is 16.5. The van der Waals surface area contributed by atoms with Crippen molar-refractivity contribution in [3.05, 3.63) is 89.5 Å². The number of rotatable bonds is 8. The number of methoxy groups -OCH3 is 2. The Kier molecular flexibility index (Phi) is 6.26. The van der Waals surface area contributed by atoms with Gasteiger partial charge >= 0.3 is 0 Å². The van der Waals surface area contributed by atoms with E-state index in [1.54, 1.807) is 26.4 Å². The van der Waals surface area contributed by atoms with E-state index in [9.17, 15) is 5.11 Å². The molecule has 5 nitrogen and oxygen atoms in total. The monoisotopic (exact) mass is 432 g/mol. The molecule has 0 spiro atoms. The molecule has 3 aromatic rings. The first-order valence-electron chi connectivity index (χ1n) is 10.6. The maximum Gasteiger partial charge on any atom is 0.166 e. The Hall–Kier alpha value is -3.60. The number of fused-ring (bicyclic) bond motifs is 1. The molecule has 0 aromatic heterocycles. The molecule has 1 heterocycles. The van der Waals surface area contributed by atoms with Gasteiger partial charge in [-0.1, -0.05) is 49.4 Å². The number of hydrogen-bond donors (Lipinski definition) is 1. The van der Waals surface area contributed by atoms with Crippen LogP contribution in [0.3, 0.4) is 0 Å². The maximum atomic E-state index is 10.8. The lowest BCUT2D eigenvalue weighted by molar-refractivity contribution is 0.201. The lowest BCUT2D eigenvalue weighted by atomic mass is 9.88. The van der Waals surface area contributed by atoms with Crippen molar-refractivity contribution in [2.45, 2.75) is 32.0 Å². The summed E-state index contributed by atoms with van der Waals surface area (Å²) in [4.78, 5) is 0. The van der Waals surface area contributed by atoms with Gasteiger partial charge in [0.15, 0.2) is 23.0 Å². The number of phenolic OH excluding ortho intramolecular Hbond substituents is 1. The Bertz CT molecular complexity index is 1110. The molecule has 3 aromatic carbocycles. The Balaban J connectivity index is 1.72.